The first-order chi connectivity index (χ1) is 13.7. The first-order valence-electron chi connectivity index (χ1n) is 9.09. The average molecular weight is 420 g/mol. The number of benzene rings is 2. The van der Waals surface area contributed by atoms with Crippen molar-refractivity contribution in [2.45, 2.75) is 25.7 Å². The Morgan fingerprint density at radius 2 is 1.66 bits per heavy atom. The molecule has 156 valence electrons. The molecule has 0 saturated heterocycles. The van der Waals surface area contributed by atoms with E-state index in [4.69, 9.17) is 4.74 Å². The topological polar surface area (TPSA) is 105 Å². The number of hydrogen-bond donors (Lipinski definition) is 2. The number of nitrogens with zero attached hydrogens (tertiary/aromatic N) is 1. The summed E-state index contributed by atoms with van der Waals surface area (Å²) < 4.78 is 33.0. The van der Waals surface area contributed by atoms with E-state index in [1.807, 2.05) is 13.8 Å². The zero-order valence-electron chi connectivity index (χ0n) is 16.9. The molecule has 0 unspecified atom stereocenters. The molecule has 0 atom stereocenters. The second kappa shape index (κ2) is 9.42. The van der Waals surface area contributed by atoms with Crippen LogP contribution in [-0.2, 0) is 14.8 Å². The molecule has 0 aliphatic rings. The highest BCUT2D eigenvalue weighted by Gasteiger charge is 2.18. The molecule has 0 radical (unpaired) electrons. The number of carbonyl (C=O) groups excluding carboxylic acids is 2. The third kappa shape index (κ3) is 5.47. The van der Waals surface area contributed by atoms with Gasteiger partial charge in [-0.25, -0.2) is 8.42 Å². The fourth-order valence-corrected chi connectivity index (χ4v) is 3.79. The van der Waals surface area contributed by atoms with Gasteiger partial charge in [0.05, 0.1) is 17.7 Å². The summed E-state index contributed by atoms with van der Waals surface area (Å²) in [6.07, 6.45) is 0. The molecular weight excluding hydrogens is 394 g/mol. The normalized spacial score (nSPS) is 10.9. The molecule has 2 N–H and O–H groups in total. The number of carbonyl (C=O) groups is 2. The number of ether oxygens (including phenoxy) is 1. The number of amides is 2. The van der Waals surface area contributed by atoms with Gasteiger partial charge in [0.1, 0.15) is 5.75 Å². The Morgan fingerprint density at radius 3 is 2.17 bits per heavy atom. The Morgan fingerprint density at radius 1 is 1.03 bits per heavy atom. The third-order valence-corrected chi connectivity index (χ3v) is 5.61. The maximum atomic E-state index is 12.7. The minimum absolute atomic E-state index is 0.0215. The maximum Gasteiger partial charge on any atom is 0.262 e. The zero-order chi connectivity index (χ0) is 21.6. The summed E-state index contributed by atoms with van der Waals surface area (Å²) in [5.74, 6) is -0.178. The molecule has 8 nitrogen and oxygen atoms in total. The van der Waals surface area contributed by atoms with E-state index in [0.29, 0.717) is 30.0 Å². The first kappa shape index (κ1) is 22.2. The quantitative estimate of drug-likeness (QED) is 0.684. The lowest BCUT2D eigenvalue weighted by molar-refractivity contribution is -0.114. The molecule has 9 heteroatoms. The largest absolute Gasteiger partial charge is 0.495 e. The van der Waals surface area contributed by atoms with Gasteiger partial charge in [-0.2, -0.15) is 0 Å². The van der Waals surface area contributed by atoms with Crippen molar-refractivity contribution in [3.05, 3.63) is 48.0 Å². The van der Waals surface area contributed by atoms with Gasteiger partial charge in [-0.15, -0.1) is 0 Å². The van der Waals surface area contributed by atoms with Gasteiger partial charge in [-0.05, 0) is 50.2 Å². The van der Waals surface area contributed by atoms with E-state index in [1.54, 1.807) is 17.0 Å². The molecule has 0 spiro atoms. The van der Waals surface area contributed by atoms with Crippen molar-refractivity contribution in [2.24, 2.45) is 0 Å². The van der Waals surface area contributed by atoms with E-state index in [2.05, 4.69) is 10.0 Å². The monoisotopic (exact) mass is 419 g/mol. The zero-order valence-corrected chi connectivity index (χ0v) is 17.7. The van der Waals surface area contributed by atoms with Crippen molar-refractivity contribution in [3.63, 3.8) is 0 Å². The van der Waals surface area contributed by atoms with Crippen LogP contribution in [-0.4, -0.2) is 45.3 Å². The fourth-order valence-electron chi connectivity index (χ4n) is 2.72. The second-order valence-corrected chi connectivity index (χ2v) is 7.89. The van der Waals surface area contributed by atoms with E-state index in [0.717, 1.165) is 0 Å². The first-order valence-corrected chi connectivity index (χ1v) is 10.6. The average Bonchev–Trinajstić information content (AvgIpc) is 2.68. The van der Waals surface area contributed by atoms with Crippen LogP contribution in [0.5, 0.6) is 5.75 Å². The Bertz CT molecular complexity index is 984. The summed E-state index contributed by atoms with van der Waals surface area (Å²) in [6, 6.07) is 10.4. The van der Waals surface area contributed by atoms with Crippen LogP contribution in [0.3, 0.4) is 0 Å². The Kier molecular flexibility index (Phi) is 7.22. The Labute approximate surface area is 170 Å². The molecule has 0 saturated carbocycles. The predicted molar refractivity (Wildman–Crippen MR) is 112 cm³/mol. The van der Waals surface area contributed by atoms with Crippen LogP contribution < -0.4 is 14.8 Å². The molecule has 29 heavy (non-hydrogen) atoms. The Balaban J connectivity index is 2.23. The number of rotatable bonds is 8. The smallest absolute Gasteiger partial charge is 0.262 e. The highest BCUT2D eigenvalue weighted by molar-refractivity contribution is 7.92. The van der Waals surface area contributed by atoms with Crippen LogP contribution in [0, 0.1) is 0 Å². The van der Waals surface area contributed by atoms with Crippen LogP contribution in [0.15, 0.2) is 47.4 Å². The summed E-state index contributed by atoms with van der Waals surface area (Å²) >= 11 is 0. The van der Waals surface area contributed by atoms with Crippen molar-refractivity contribution in [3.8, 4) is 5.75 Å². The SMILES string of the molecule is CCN(CC)C(=O)c1ccc(NS(=O)(=O)c2ccc(NC(C)=O)c(OC)c2)cc1. The summed E-state index contributed by atoms with van der Waals surface area (Å²) in [5.41, 5.74) is 1.18. The van der Waals surface area contributed by atoms with Crippen molar-refractivity contribution in [1.29, 1.82) is 0 Å². The summed E-state index contributed by atoms with van der Waals surface area (Å²) in [6.45, 7) is 6.34. The minimum Gasteiger partial charge on any atom is -0.495 e. The number of nitrogens with one attached hydrogen (secondary N) is 2. The van der Waals surface area contributed by atoms with Gasteiger partial charge in [-0.3, -0.25) is 14.3 Å². The van der Waals surface area contributed by atoms with Gasteiger partial charge in [-0.1, -0.05) is 0 Å². The molecule has 0 aromatic heterocycles. The van der Waals surface area contributed by atoms with Gasteiger partial charge < -0.3 is 15.0 Å². The maximum absolute atomic E-state index is 12.7. The number of hydrogen-bond acceptors (Lipinski definition) is 5. The molecule has 0 bridgehead atoms. The summed E-state index contributed by atoms with van der Waals surface area (Å²) in [5, 5.41) is 2.57. The molecular formula is C20H25N3O5S. The Hall–Kier alpha value is -3.07. The van der Waals surface area contributed by atoms with Crippen molar-refractivity contribution in [1.82, 2.24) is 4.90 Å². The van der Waals surface area contributed by atoms with E-state index in [-0.39, 0.29) is 22.5 Å². The van der Waals surface area contributed by atoms with E-state index in [1.165, 1.54) is 44.4 Å². The summed E-state index contributed by atoms with van der Waals surface area (Å²) in [7, 11) is -2.50. The highest BCUT2D eigenvalue weighted by Crippen LogP contribution is 2.28. The molecule has 2 aromatic carbocycles. The van der Waals surface area contributed by atoms with Crippen LogP contribution in [0.4, 0.5) is 11.4 Å². The van der Waals surface area contributed by atoms with Crippen molar-refractivity contribution >= 4 is 33.2 Å². The van der Waals surface area contributed by atoms with Crippen molar-refractivity contribution < 1.29 is 22.7 Å². The highest BCUT2D eigenvalue weighted by atomic mass is 32.2. The number of methoxy groups -OCH3 is 1. The molecule has 0 fully saturated rings. The summed E-state index contributed by atoms with van der Waals surface area (Å²) in [4.78, 5) is 25.2. The van der Waals surface area contributed by atoms with Crippen LogP contribution in [0.1, 0.15) is 31.1 Å². The standard InChI is InChI=1S/C20H25N3O5S/c1-5-23(6-2)20(25)15-7-9-16(10-8-15)22-29(26,27)17-11-12-18(21-14(3)24)19(13-17)28-4/h7-13,22H,5-6H2,1-4H3,(H,21,24). The van der Waals surface area contributed by atoms with E-state index in [9.17, 15) is 18.0 Å². The van der Waals surface area contributed by atoms with Gasteiger partial charge in [0.25, 0.3) is 15.9 Å². The third-order valence-electron chi connectivity index (χ3n) is 4.23. The molecule has 2 amide bonds. The molecule has 0 aliphatic heterocycles. The van der Waals surface area contributed by atoms with Gasteiger partial charge in [0.2, 0.25) is 5.91 Å². The molecule has 2 rings (SSSR count). The van der Waals surface area contributed by atoms with E-state index >= 15 is 0 Å². The molecule has 0 heterocycles. The van der Waals surface area contributed by atoms with Crippen LogP contribution in [0.2, 0.25) is 0 Å². The lowest BCUT2D eigenvalue weighted by Gasteiger charge is -2.18. The van der Waals surface area contributed by atoms with Crippen LogP contribution in [0.25, 0.3) is 0 Å². The lowest BCUT2D eigenvalue weighted by Crippen LogP contribution is -2.30. The van der Waals surface area contributed by atoms with Gasteiger partial charge in [0.15, 0.2) is 0 Å². The minimum atomic E-state index is -3.89. The second-order valence-electron chi connectivity index (χ2n) is 6.20. The van der Waals surface area contributed by atoms with Gasteiger partial charge in [0, 0.05) is 37.3 Å². The molecule has 0 aliphatic carbocycles. The fraction of sp³-hybridized carbons (Fsp3) is 0.300. The predicted octanol–water partition coefficient (Wildman–Crippen LogP) is 2.94. The molecule has 2 aromatic rings. The number of sulfonamides is 1. The number of anilines is 2. The lowest BCUT2D eigenvalue weighted by atomic mass is 10.2. The van der Waals surface area contributed by atoms with Gasteiger partial charge >= 0.3 is 0 Å². The van der Waals surface area contributed by atoms with Crippen molar-refractivity contribution in [2.75, 3.05) is 30.2 Å². The van der Waals surface area contributed by atoms with Crippen LogP contribution >= 0.6 is 0 Å². The van der Waals surface area contributed by atoms with E-state index < -0.39 is 10.0 Å².